The zero-order valence-electron chi connectivity index (χ0n) is 17.2. The minimum absolute atomic E-state index is 0. The van der Waals surface area contributed by atoms with Crippen LogP contribution in [0.2, 0.25) is 0 Å². The number of benzene rings is 1. The molecule has 0 radical (unpaired) electrons. The van der Waals surface area contributed by atoms with Gasteiger partial charge < -0.3 is 15.5 Å². The van der Waals surface area contributed by atoms with Crippen LogP contribution in [0, 0.1) is 12.7 Å². The normalized spacial score (nSPS) is 16.9. The maximum atomic E-state index is 13.6. The third-order valence-corrected chi connectivity index (χ3v) is 4.92. The average Bonchev–Trinajstić information content (AvgIpc) is 2.70. The van der Waals surface area contributed by atoms with Crippen molar-refractivity contribution >= 4 is 35.6 Å². The summed E-state index contributed by atoms with van der Waals surface area (Å²) in [4.78, 5) is 11.3. The maximum Gasteiger partial charge on any atom is 0.191 e. The lowest BCUT2D eigenvalue weighted by atomic mass is 10.0. The van der Waals surface area contributed by atoms with E-state index in [1.54, 1.807) is 12.1 Å². The molecule has 1 unspecified atom stereocenters. The molecule has 0 saturated carbocycles. The fourth-order valence-corrected chi connectivity index (χ4v) is 3.46. The molecule has 0 amide bonds. The van der Waals surface area contributed by atoms with Crippen molar-refractivity contribution in [2.24, 2.45) is 4.99 Å². The summed E-state index contributed by atoms with van der Waals surface area (Å²) in [6.45, 7) is 7.39. The van der Waals surface area contributed by atoms with Gasteiger partial charge in [0.25, 0.3) is 0 Å². The molecule has 2 aromatic rings. The van der Waals surface area contributed by atoms with Crippen LogP contribution in [-0.4, -0.2) is 43.2 Å². The largest absolute Gasteiger partial charge is 0.369 e. The molecule has 7 heteroatoms. The van der Waals surface area contributed by atoms with E-state index >= 15 is 0 Å². The molecule has 2 N–H and O–H groups in total. The Morgan fingerprint density at radius 3 is 2.90 bits per heavy atom. The van der Waals surface area contributed by atoms with E-state index in [1.807, 2.05) is 25.3 Å². The summed E-state index contributed by atoms with van der Waals surface area (Å²) in [6.07, 6.45) is 4.94. The van der Waals surface area contributed by atoms with Crippen LogP contribution in [0.5, 0.6) is 0 Å². The number of piperidine rings is 1. The summed E-state index contributed by atoms with van der Waals surface area (Å²) in [7, 11) is 0. The standard InChI is InChI=1S/C22H30FN5.HI/c1-3-24-22(25-12-11-18-10-9-17(2)26-15-18)27-20-7-5-13-28(16-20)21-8-4-6-19(23)14-21;/h4,6,8-10,14-15,20H,3,5,7,11-13,16H2,1-2H3,(H2,24,25,27);1H. The fraction of sp³-hybridized carbons (Fsp3) is 0.455. The molecule has 1 aromatic carbocycles. The summed E-state index contributed by atoms with van der Waals surface area (Å²) in [5, 5.41) is 6.89. The molecule has 0 bridgehead atoms. The Morgan fingerprint density at radius 1 is 1.31 bits per heavy atom. The second-order valence-corrected chi connectivity index (χ2v) is 7.23. The third-order valence-electron chi connectivity index (χ3n) is 4.92. The molecule has 0 spiro atoms. The van der Waals surface area contributed by atoms with E-state index in [0.717, 1.165) is 56.2 Å². The van der Waals surface area contributed by atoms with Gasteiger partial charge in [-0.3, -0.25) is 9.98 Å². The summed E-state index contributed by atoms with van der Waals surface area (Å²) in [5.74, 6) is 0.654. The molecule has 158 valence electrons. The first-order chi connectivity index (χ1) is 13.6. The predicted molar refractivity (Wildman–Crippen MR) is 129 cm³/mol. The van der Waals surface area contributed by atoms with Gasteiger partial charge in [0.2, 0.25) is 0 Å². The Bertz CT molecular complexity index is 781. The lowest BCUT2D eigenvalue weighted by molar-refractivity contribution is 0.467. The van der Waals surface area contributed by atoms with Gasteiger partial charge in [0.15, 0.2) is 5.96 Å². The Morgan fingerprint density at radius 2 is 2.17 bits per heavy atom. The van der Waals surface area contributed by atoms with Crippen LogP contribution in [0.3, 0.4) is 0 Å². The Labute approximate surface area is 190 Å². The van der Waals surface area contributed by atoms with Crippen LogP contribution in [0.1, 0.15) is 31.0 Å². The Hall–Kier alpha value is -1.90. The Balaban J connectivity index is 0.00000300. The molecule has 1 aromatic heterocycles. The number of pyridine rings is 1. The first-order valence-electron chi connectivity index (χ1n) is 10.1. The highest BCUT2D eigenvalue weighted by atomic mass is 127. The first-order valence-corrected chi connectivity index (χ1v) is 10.1. The van der Waals surface area contributed by atoms with Gasteiger partial charge in [-0.15, -0.1) is 24.0 Å². The summed E-state index contributed by atoms with van der Waals surface area (Å²) in [5.41, 5.74) is 3.17. The molecule has 3 rings (SSSR count). The van der Waals surface area contributed by atoms with Gasteiger partial charge in [0.05, 0.1) is 0 Å². The maximum absolute atomic E-state index is 13.6. The summed E-state index contributed by atoms with van der Waals surface area (Å²) in [6, 6.07) is 11.3. The van der Waals surface area contributed by atoms with Crippen molar-refractivity contribution in [2.45, 2.75) is 39.2 Å². The summed E-state index contributed by atoms with van der Waals surface area (Å²) < 4.78 is 13.6. The van der Waals surface area contributed by atoms with Gasteiger partial charge >= 0.3 is 0 Å². The molecular weight excluding hydrogens is 480 g/mol. The molecule has 0 aliphatic carbocycles. The van der Waals surface area contributed by atoms with E-state index < -0.39 is 0 Å². The Kier molecular flexibility index (Phi) is 9.63. The molecule has 1 aliphatic rings. The quantitative estimate of drug-likeness (QED) is 0.351. The number of halogens is 2. The van der Waals surface area contributed by atoms with Crippen molar-refractivity contribution in [1.29, 1.82) is 0 Å². The number of nitrogens with zero attached hydrogens (tertiary/aromatic N) is 3. The number of rotatable bonds is 6. The van der Waals surface area contributed by atoms with Gasteiger partial charge in [0.1, 0.15) is 5.82 Å². The molecule has 5 nitrogen and oxygen atoms in total. The highest BCUT2D eigenvalue weighted by molar-refractivity contribution is 14.0. The zero-order valence-corrected chi connectivity index (χ0v) is 19.5. The van der Waals surface area contributed by atoms with Gasteiger partial charge in [0, 0.05) is 49.8 Å². The van der Waals surface area contributed by atoms with Crippen molar-refractivity contribution in [3.8, 4) is 0 Å². The van der Waals surface area contributed by atoms with Crippen LogP contribution in [0.25, 0.3) is 0 Å². The SMILES string of the molecule is CCNC(=NCCc1ccc(C)nc1)NC1CCCN(c2cccc(F)c2)C1.I. The van der Waals surface area contributed by atoms with Crippen LogP contribution < -0.4 is 15.5 Å². The molecular formula is C22H31FIN5. The van der Waals surface area contributed by atoms with E-state index in [4.69, 9.17) is 4.99 Å². The third kappa shape index (κ3) is 7.45. The minimum atomic E-state index is -0.187. The van der Waals surface area contributed by atoms with E-state index in [1.165, 1.54) is 11.6 Å². The van der Waals surface area contributed by atoms with E-state index in [-0.39, 0.29) is 35.8 Å². The lowest BCUT2D eigenvalue weighted by Gasteiger charge is -2.35. The van der Waals surface area contributed by atoms with Crippen molar-refractivity contribution in [1.82, 2.24) is 15.6 Å². The topological polar surface area (TPSA) is 52.6 Å². The molecule has 1 fully saturated rings. The average molecular weight is 511 g/mol. The number of anilines is 1. The van der Waals surface area contributed by atoms with Crippen LogP contribution in [-0.2, 0) is 6.42 Å². The smallest absolute Gasteiger partial charge is 0.191 e. The highest BCUT2D eigenvalue weighted by Crippen LogP contribution is 2.20. The molecule has 1 aliphatic heterocycles. The number of aliphatic imine (C=N–C) groups is 1. The molecule has 1 atom stereocenters. The second-order valence-electron chi connectivity index (χ2n) is 7.23. The molecule has 29 heavy (non-hydrogen) atoms. The van der Waals surface area contributed by atoms with Gasteiger partial charge in [-0.2, -0.15) is 0 Å². The van der Waals surface area contributed by atoms with E-state index in [0.29, 0.717) is 6.54 Å². The molecule has 2 heterocycles. The van der Waals surface area contributed by atoms with Gasteiger partial charge in [-0.25, -0.2) is 4.39 Å². The fourth-order valence-electron chi connectivity index (χ4n) is 3.46. The number of aromatic nitrogens is 1. The van der Waals surface area contributed by atoms with E-state index in [9.17, 15) is 4.39 Å². The molecule has 1 saturated heterocycles. The van der Waals surface area contributed by atoms with Gasteiger partial charge in [-0.05, 0) is 62.9 Å². The monoisotopic (exact) mass is 511 g/mol. The van der Waals surface area contributed by atoms with Gasteiger partial charge in [-0.1, -0.05) is 12.1 Å². The first kappa shape index (κ1) is 23.4. The number of nitrogens with one attached hydrogen (secondary N) is 2. The second kappa shape index (κ2) is 11.9. The summed E-state index contributed by atoms with van der Waals surface area (Å²) >= 11 is 0. The number of hydrogen-bond donors (Lipinski definition) is 2. The van der Waals surface area contributed by atoms with Crippen LogP contribution in [0.4, 0.5) is 10.1 Å². The number of aryl methyl sites for hydroxylation is 1. The van der Waals surface area contributed by atoms with Crippen LogP contribution >= 0.6 is 24.0 Å². The van der Waals surface area contributed by atoms with Crippen molar-refractivity contribution in [2.75, 3.05) is 31.1 Å². The van der Waals surface area contributed by atoms with Crippen molar-refractivity contribution < 1.29 is 4.39 Å². The van der Waals surface area contributed by atoms with Crippen molar-refractivity contribution in [3.05, 3.63) is 59.7 Å². The van der Waals surface area contributed by atoms with Crippen LogP contribution in [0.15, 0.2) is 47.6 Å². The predicted octanol–water partition coefficient (Wildman–Crippen LogP) is 3.91. The zero-order chi connectivity index (χ0) is 19.8. The van der Waals surface area contributed by atoms with Crippen molar-refractivity contribution in [3.63, 3.8) is 0 Å². The number of hydrogen-bond acceptors (Lipinski definition) is 3. The highest BCUT2D eigenvalue weighted by Gasteiger charge is 2.21. The lowest BCUT2D eigenvalue weighted by Crippen LogP contribution is -2.51. The van der Waals surface area contributed by atoms with E-state index in [2.05, 4.69) is 33.5 Å². The minimum Gasteiger partial charge on any atom is -0.369 e. The number of guanidine groups is 1.